The number of hydrogen-bond donors (Lipinski definition) is 1. The van der Waals surface area contributed by atoms with E-state index in [1.165, 1.54) is 16.7 Å². The third kappa shape index (κ3) is 3.53. The topological polar surface area (TPSA) is 29.9 Å². The van der Waals surface area contributed by atoms with Crippen LogP contribution in [-0.4, -0.2) is 16.3 Å². The standard InChI is InChI=1S/C18H27N3/c1-6-18(19-7-2)16-10-8-9-15(11-16)17-12-21(13(3)4)20-14(17)5/h8-13,18-19H,6-7H2,1-5H3. The summed E-state index contributed by atoms with van der Waals surface area (Å²) in [4.78, 5) is 0. The second-order valence-corrected chi connectivity index (χ2v) is 5.85. The molecule has 0 amide bonds. The molecule has 1 atom stereocenters. The van der Waals surface area contributed by atoms with Crippen LogP contribution in [0.1, 0.15) is 57.5 Å². The van der Waals surface area contributed by atoms with Gasteiger partial charge in [-0.3, -0.25) is 4.68 Å². The van der Waals surface area contributed by atoms with E-state index < -0.39 is 0 Å². The van der Waals surface area contributed by atoms with Gasteiger partial charge < -0.3 is 5.32 Å². The van der Waals surface area contributed by atoms with Gasteiger partial charge in [-0.1, -0.05) is 32.0 Å². The molecule has 3 heteroatoms. The van der Waals surface area contributed by atoms with Crippen molar-refractivity contribution in [3.05, 3.63) is 41.7 Å². The van der Waals surface area contributed by atoms with E-state index in [1.54, 1.807) is 0 Å². The van der Waals surface area contributed by atoms with Gasteiger partial charge in [0.2, 0.25) is 0 Å². The Hall–Kier alpha value is -1.61. The maximum Gasteiger partial charge on any atom is 0.0672 e. The average molecular weight is 285 g/mol. The molecule has 1 heterocycles. The molecule has 0 saturated carbocycles. The molecule has 1 aromatic heterocycles. The highest BCUT2D eigenvalue weighted by molar-refractivity contribution is 5.66. The second-order valence-electron chi connectivity index (χ2n) is 5.85. The van der Waals surface area contributed by atoms with Crippen LogP contribution in [0.5, 0.6) is 0 Å². The molecular weight excluding hydrogens is 258 g/mol. The number of hydrogen-bond acceptors (Lipinski definition) is 2. The van der Waals surface area contributed by atoms with E-state index in [-0.39, 0.29) is 0 Å². The smallest absolute Gasteiger partial charge is 0.0672 e. The molecule has 1 aromatic carbocycles. The summed E-state index contributed by atoms with van der Waals surface area (Å²) in [6.07, 6.45) is 3.26. The number of aromatic nitrogens is 2. The molecule has 0 aliphatic heterocycles. The third-order valence-corrected chi connectivity index (χ3v) is 3.90. The maximum absolute atomic E-state index is 4.62. The predicted molar refractivity (Wildman–Crippen MR) is 89.5 cm³/mol. The summed E-state index contributed by atoms with van der Waals surface area (Å²) in [7, 11) is 0. The van der Waals surface area contributed by atoms with E-state index in [4.69, 9.17) is 0 Å². The van der Waals surface area contributed by atoms with Crippen LogP contribution in [0, 0.1) is 6.92 Å². The summed E-state index contributed by atoms with van der Waals surface area (Å²) in [5.74, 6) is 0. The quantitative estimate of drug-likeness (QED) is 0.847. The largest absolute Gasteiger partial charge is 0.310 e. The molecule has 0 saturated heterocycles. The normalized spacial score (nSPS) is 12.9. The van der Waals surface area contributed by atoms with Crippen molar-refractivity contribution >= 4 is 0 Å². The van der Waals surface area contributed by atoms with Gasteiger partial charge in [-0.05, 0) is 50.9 Å². The summed E-state index contributed by atoms with van der Waals surface area (Å²) in [6, 6.07) is 9.66. The van der Waals surface area contributed by atoms with Gasteiger partial charge in [-0.2, -0.15) is 5.10 Å². The fraction of sp³-hybridized carbons (Fsp3) is 0.500. The Kier molecular flexibility index (Phi) is 5.18. The first kappa shape index (κ1) is 15.8. The van der Waals surface area contributed by atoms with Crippen LogP contribution >= 0.6 is 0 Å². The fourth-order valence-electron chi connectivity index (χ4n) is 2.70. The summed E-state index contributed by atoms with van der Waals surface area (Å²) in [6.45, 7) is 11.8. The predicted octanol–water partition coefficient (Wildman–Crippen LogP) is 4.50. The van der Waals surface area contributed by atoms with Crippen molar-refractivity contribution in [2.75, 3.05) is 6.54 Å². The zero-order valence-electron chi connectivity index (χ0n) is 13.9. The summed E-state index contributed by atoms with van der Waals surface area (Å²) >= 11 is 0. The van der Waals surface area contributed by atoms with E-state index in [1.807, 2.05) is 4.68 Å². The number of rotatable bonds is 6. The van der Waals surface area contributed by atoms with Gasteiger partial charge in [-0.25, -0.2) is 0 Å². The van der Waals surface area contributed by atoms with Crippen molar-refractivity contribution in [2.24, 2.45) is 0 Å². The average Bonchev–Trinajstić information content (AvgIpc) is 2.87. The molecule has 0 fully saturated rings. The van der Waals surface area contributed by atoms with Crippen molar-refractivity contribution in [3.8, 4) is 11.1 Å². The van der Waals surface area contributed by atoms with Gasteiger partial charge in [0.25, 0.3) is 0 Å². The van der Waals surface area contributed by atoms with Gasteiger partial charge >= 0.3 is 0 Å². The van der Waals surface area contributed by atoms with Gasteiger partial charge in [0.15, 0.2) is 0 Å². The van der Waals surface area contributed by atoms with Crippen molar-refractivity contribution in [1.29, 1.82) is 0 Å². The zero-order chi connectivity index (χ0) is 15.4. The molecule has 1 N–H and O–H groups in total. The lowest BCUT2D eigenvalue weighted by Gasteiger charge is -2.17. The lowest BCUT2D eigenvalue weighted by atomic mass is 9.98. The molecule has 0 bridgehead atoms. The van der Waals surface area contributed by atoms with Crippen LogP contribution < -0.4 is 5.32 Å². The lowest BCUT2D eigenvalue weighted by molar-refractivity contribution is 0.529. The molecule has 114 valence electrons. The first-order valence-electron chi connectivity index (χ1n) is 7.96. The van der Waals surface area contributed by atoms with E-state index in [9.17, 15) is 0 Å². The minimum Gasteiger partial charge on any atom is -0.310 e. The van der Waals surface area contributed by atoms with Crippen LogP contribution in [0.2, 0.25) is 0 Å². The maximum atomic E-state index is 4.62. The molecule has 1 unspecified atom stereocenters. The van der Waals surface area contributed by atoms with E-state index in [0.717, 1.165) is 18.7 Å². The molecule has 0 aliphatic carbocycles. The zero-order valence-corrected chi connectivity index (χ0v) is 13.9. The third-order valence-electron chi connectivity index (χ3n) is 3.90. The minimum atomic E-state index is 0.394. The highest BCUT2D eigenvalue weighted by Gasteiger charge is 2.12. The van der Waals surface area contributed by atoms with Crippen LogP contribution in [0.25, 0.3) is 11.1 Å². The van der Waals surface area contributed by atoms with Gasteiger partial charge in [0, 0.05) is 23.8 Å². The van der Waals surface area contributed by atoms with Crippen molar-refractivity contribution < 1.29 is 0 Å². The summed E-state index contributed by atoms with van der Waals surface area (Å²) in [5, 5.41) is 8.16. The minimum absolute atomic E-state index is 0.394. The number of nitrogens with one attached hydrogen (secondary N) is 1. The number of nitrogens with zero attached hydrogens (tertiary/aromatic N) is 2. The van der Waals surface area contributed by atoms with Crippen molar-refractivity contribution in [3.63, 3.8) is 0 Å². The van der Waals surface area contributed by atoms with Crippen LogP contribution in [0.3, 0.4) is 0 Å². The highest BCUT2D eigenvalue weighted by Crippen LogP contribution is 2.27. The summed E-state index contributed by atoms with van der Waals surface area (Å²) in [5.41, 5.74) is 4.94. The molecule has 0 aliphatic rings. The van der Waals surface area contributed by atoms with E-state index in [0.29, 0.717) is 12.1 Å². The SMILES string of the molecule is CCNC(CC)c1cccc(-c2cn(C(C)C)nc2C)c1. The van der Waals surface area contributed by atoms with Crippen molar-refractivity contribution in [2.45, 2.75) is 53.1 Å². The Morgan fingerprint density at radius 3 is 2.57 bits per heavy atom. The summed E-state index contributed by atoms with van der Waals surface area (Å²) < 4.78 is 2.04. The Labute approximate surface area is 128 Å². The van der Waals surface area contributed by atoms with Gasteiger partial charge in [0.1, 0.15) is 0 Å². The fourth-order valence-corrected chi connectivity index (χ4v) is 2.70. The number of aryl methyl sites for hydroxylation is 1. The lowest BCUT2D eigenvalue weighted by Crippen LogP contribution is -2.19. The molecule has 21 heavy (non-hydrogen) atoms. The molecule has 3 nitrogen and oxygen atoms in total. The van der Waals surface area contributed by atoms with Crippen molar-refractivity contribution in [1.82, 2.24) is 15.1 Å². The van der Waals surface area contributed by atoms with E-state index >= 15 is 0 Å². The van der Waals surface area contributed by atoms with Crippen LogP contribution in [0.15, 0.2) is 30.5 Å². The Morgan fingerprint density at radius 2 is 2.00 bits per heavy atom. The molecule has 0 radical (unpaired) electrons. The second kappa shape index (κ2) is 6.90. The first-order chi connectivity index (χ1) is 10.1. The molecule has 2 aromatic rings. The van der Waals surface area contributed by atoms with Gasteiger partial charge in [0.05, 0.1) is 5.69 Å². The van der Waals surface area contributed by atoms with Crippen LogP contribution in [0.4, 0.5) is 0 Å². The Bertz CT molecular complexity index is 584. The van der Waals surface area contributed by atoms with Crippen LogP contribution in [-0.2, 0) is 0 Å². The molecular formula is C18H27N3. The van der Waals surface area contributed by atoms with Gasteiger partial charge in [-0.15, -0.1) is 0 Å². The monoisotopic (exact) mass is 285 g/mol. The molecule has 2 rings (SSSR count). The Morgan fingerprint density at radius 1 is 1.24 bits per heavy atom. The first-order valence-corrected chi connectivity index (χ1v) is 7.96. The van der Waals surface area contributed by atoms with E-state index in [2.05, 4.69) is 75.5 Å². The highest BCUT2D eigenvalue weighted by atomic mass is 15.3. The number of benzene rings is 1. The molecule has 0 spiro atoms. The Balaban J connectivity index is 2.37.